The maximum Gasteiger partial charge on any atom is 0.165 e. The molecule has 102 valence electrons. The number of rotatable bonds is 6. The van der Waals surface area contributed by atoms with Crippen LogP contribution in [0.3, 0.4) is 0 Å². The highest BCUT2D eigenvalue weighted by Gasteiger charge is 2.11. The van der Waals surface area contributed by atoms with Gasteiger partial charge in [-0.1, -0.05) is 33.8 Å². The zero-order valence-corrected chi connectivity index (χ0v) is 11.8. The smallest absolute Gasteiger partial charge is 0.165 e. The van der Waals surface area contributed by atoms with E-state index in [-0.39, 0.29) is 11.2 Å². The van der Waals surface area contributed by atoms with E-state index in [2.05, 4.69) is 26.1 Å². The first-order valence-corrected chi connectivity index (χ1v) is 6.54. The van der Waals surface area contributed by atoms with Gasteiger partial charge < -0.3 is 10.1 Å². The van der Waals surface area contributed by atoms with Gasteiger partial charge in [-0.3, -0.25) is 0 Å². The minimum absolute atomic E-state index is 0.210. The first kappa shape index (κ1) is 15.0. The highest BCUT2D eigenvalue weighted by Crippen LogP contribution is 2.22. The summed E-state index contributed by atoms with van der Waals surface area (Å²) in [5, 5.41) is 3.17. The Balaban J connectivity index is 2.52. The van der Waals surface area contributed by atoms with E-state index in [0.717, 1.165) is 18.5 Å². The number of nitrogens with one attached hydrogen (secondary N) is 1. The molecule has 0 bridgehead atoms. The lowest BCUT2D eigenvalue weighted by molar-refractivity contribution is 0.235. The summed E-state index contributed by atoms with van der Waals surface area (Å²) in [6.45, 7) is 10.6. The van der Waals surface area contributed by atoms with Gasteiger partial charge in [0.25, 0.3) is 0 Å². The van der Waals surface area contributed by atoms with Gasteiger partial charge in [-0.15, -0.1) is 0 Å². The third-order valence-electron chi connectivity index (χ3n) is 2.69. The topological polar surface area (TPSA) is 21.3 Å². The molecule has 0 unspecified atom stereocenters. The van der Waals surface area contributed by atoms with E-state index >= 15 is 0 Å². The van der Waals surface area contributed by atoms with Gasteiger partial charge in [-0.25, -0.2) is 4.39 Å². The van der Waals surface area contributed by atoms with Crippen LogP contribution < -0.4 is 10.1 Å². The standard InChI is InChI=1S/C15H24FNO/c1-5-17-11-12-6-7-14(13(16)10-12)18-9-8-15(2,3)4/h6-7,10,17H,5,8-9,11H2,1-4H3. The molecule has 18 heavy (non-hydrogen) atoms. The Kier molecular flexibility index (Phi) is 5.60. The SMILES string of the molecule is CCNCc1ccc(OCCC(C)(C)C)c(F)c1. The van der Waals surface area contributed by atoms with E-state index in [4.69, 9.17) is 4.74 Å². The molecule has 0 saturated carbocycles. The molecule has 0 aliphatic heterocycles. The largest absolute Gasteiger partial charge is 0.490 e. The Hall–Kier alpha value is -1.09. The second kappa shape index (κ2) is 6.74. The Morgan fingerprint density at radius 2 is 2.00 bits per heavy atom. The molecule has 0 heterocycles. The number of hydrogen-bond donors (Lipinski definition) is 1. The van der Waals surface area contributed by atoms with Crippen LogP contribution >= 0.6 is 0 Å². The minimum Gasteiger partial charge on any atom is -0.490 e. The lowest BCUT2D eigenvalue weighted by Crippen LogP contribution is -2.13. The summed E-state index contributed by atoms with van der Waals surface area (Å²) in [6, 6.07) is 5.15. The molecule has 0 amide bonds. The molecule has 0 spiro atoms. The van der Waals surface area contributed by atoms with Crippen LogP contribution in [0.2, 0.25) is 0 Å². The number of hydrogen-bond acceptors (Lipinski definition) is 2. The van der Waals surface area contributed by atoms with Gasteiger partial charge in [0.15, 0.2) is 11.6 Å². The summed E-state index contributed by atoms with van der Waals surface area (Å²) < 4.78 is 19.2. The lowest BCUT2D eigenvalue weighted by Gasteiger charge is -2.18. The van der Waals surface area contributed by atoms with Crippen molar-refractivity contribution in [3.8, 4) is 5.75 Å². The molecular weight excluding hydrogens is 229 g/mol. The minimum atomic E-state index is -0.278. The first-order chi connectivity index (χ1) is 8.42. The van der Waals surface area contributed by atoms with Crippen LogP contribution in [0.1, 0.15) is 39.7 Å². The van der Waals surface area contributed by atoms with Gasteiger partial charge in [0.1, 0.15) is 0 Å². The third kappa shape index (κ3) is 5.50. The van der Waals surface area contributed by atoms with Crippen molar-refractivity contribution in [1.29, 1.82) is 0 Å². The predicted molar refractivity (Wildman–Crippen MR) is 73.3 cm³/mol. The van der Waals surface area contributed by atoms with Gasteiger partial charge in [-0.05, 0) is 36.1 Å². The number of halogens is 1. The maximum atomic E-state index is 13.7. The van der Waals surface area contributed by atoms with Crippen molar-refractivity contribution < 1.29 is 9.13 Å². The Labute approximate surface area is 110 Å². The summed E-state index contributed by atoms with van der Waals surface area (Å²) in [7, 11) is 0. The fourth-order valence-electron chi connectivity index (χ4n) is 1.51. The van der Waals surface area contributed by atoms with Crippen molar-refractivity contribution in [3.05, 3.63) is 29.6 Å². The first-order valence-electron chi connectivity index (χ1n) is 6.54. The molecule has 2 nitrogen and oxygen atoms in total. The average Bonchev–Trinajstić information content (AvgIpc) is 2.27. The molecule has 0 atom stereocenters. The second-order valence-electron chi connectivity index (χ2n) is 5.70. The van der Waals surface area contributed by atoms with E-state index in [1.807, 2.05) is 13.0 Å². The van der Waals surface area contributed by atoms with Gasteiger partial charge in [0.05, 0.1) is 6.61 Å². The van der Waals surface area contributed by atoms with Crippen LogP contribution in [-0.4, -0.2) is 13.2 Å². The number of ether oxygens (including phenoxy) is 1. The van der Waals surface area contributed by atoms with Crippen LogP contribution in [0.25, 0.3) is 0 Å². The molecular formula is C15H24FNO. The average molecular weight is 253 g/mol. The highest BCUT2D eigenvalue weighted by atomic mass is 19.1. The Bertz CT molecular complexity index is 371. The second-order valence-corrected chi connectivity index (χ2v) is 5.70. The van der Waals surface area contributed by atoms with Crippen molar-refractivity contribution in [2.45, 2.75) is 40.7 Å². The van der Waals surface area contributed by atoms with E-state index < -0.39 is 0 Å². The van der Waals surface area contributed by atoms with E-state index in [1.54, 1.807) is 6.07 Å². The van der Waals surface area contributed by atoms with Gasteiger partial charge in [0.2, 0.25) is 0 Å². The van der Waals surface area contributed by atoms with Crippen molar-refractivity contribution in [2.24, 2.45) is 5.41 Å². The van der Waals surface area contributed by atoms with Crippen molar-refractivity contribution >= 4 is 0 Å². The van der Waals surface area contributed by atoms with Crippen molar-refractivity contribution in [1.82, 2.24) is 5.32 Å². The summed E-state index contributed by atoms with van der Waals surface area (Å²) in [5.74, 6) is 0.0683. The van der Waals surface area contributed by atoms with Crippen molar-refractivity contribution in [3.63, 3.8) is 0 Å². The van der Waals surface area contributed by atoms with Gasteiger partial charge >= 0.3 is 0 Å². The van der Waals surface area contributed by atoms with Crippen LogP contribution in [0.5, 0.6) is 5.75 Å². The zero-order chi connectivity index (χ0) is 13.6. The van der Waals surface area contributed by atoms with Gasteiger partial charge in [-0.2, -0.15) is 0 Å². The Morgan fingerprint density at radius 1 is 1.28 bits per heavy atom. The zero-order valence-electron chi connectivity index (χ0n) is 11.8. The normalized spacial score (nSPS) is 11.6. The van der Waals surface area contributed by atoms with E-state index in [0.29, 0.717) is 18.9 Å². The molecule has 1 rings (SSSR count). The quantitative estimate of drug-likeness (QED) is 0.833. The van der Waals surface area contributed by atoms with E-state index in [1.165, 1.54) is 6.07 Å². The summed E-state index contributed by atoms with van der Waals surface area (Å²) in [4.78, 5) is 0. The molecule has 0 aliphatic rings. The molecule has 3 heteroatoms. The van der Waals surface area contributed by atoms with Crippen LogP contribution in [-0.2, 0) is 6.54 Å². The van der Waals surface area contributed by atoms with Crippen LogP contribution in [0, 0.1) is 11.2 Å². The maximum absolute atomic E-state index is 13.7. The fraction of sp³-hybridized carbons (Fsp3) is 0.600. The number of benzene rings is 1. The van der Waals surface area contributed by atoms with E-state index in [9.17, 15) is 4.39 Å². The monoisotopic (exact) mass is 253 g/mol. The lowest BCUT2D eigenvalue weighted by atomic mass is 9.93. The molecule has 0 saturated heterocycles. The fourth-order valence-corrected chi connectivity index (χ4v) is 1.51. The third-order valence-corrected chi connectivity index (χ3v) is 2.69. The molecule has 0 aromatic heterocycles. The van der Waals surface area contributed by atoms with Crippen LogP contribution in [0.4, 0.5) is 4.39 Å². The molecule has 1 N–H and O–H groups in total. The van der Waals surface area contributed by atoms with Crippen LogP contribution in [0.15, 0.2) is 18.2 Å². The predicted octanol–water partition coefficient (Wildman–Crippen LogP) is 3.75. The highest BCUT2D eigenvalue weighted by molar-refractivity contribution is 5.29. The van der Waals surface area contributed by atoms with Crippen molar-refractivity contribution in [2.75, 3.05) is 13.2 Å². The molecule has 1 aromatic carbocycles. The molecule has 1 aromatic rings. The summed E-state index contributed by atoms with van der Waals surface area (Å²) in [6.07, 6.45) is 0.908. The van der Waals surface area contributed by atoms with Gasteiger partial charge in [0, 0.05) is 6.54 Å². The molecule has 0 fully saturated rings. The summed E-state index contributed by atoms with van der Waals surface area (Å²) >= 11 is 0. The molecule has 0 radical (unpaired) electrons. The Morgan fingerprint density at radius 3 is 2.56 bits per heavy atom. The molecule has 0 aliphatic carbocycles. The summed E-state index contributed by atoms with van der Waals surface area (Å²) in [5.41, 5.74) is 1.15.